The average molecular weight is 402 g/mol. The number of nitrogens with zero attached hydrogens (tertiary/aromatic N) is 2. The number of hydrogen-bond donors (Lipinski definition) is 0. The molecule has 0 radical (unpaired) electrons. The Bertz CT molecular complexity index is 954. The van der Waals surface area contributed by atoms with Crippen LogP contribution in [0.5, 0.6) is 17.2 Å². The molecule has 1 fully saturated rings. The van der Waals surface area contributed by atoms with E-state index in [1.54, 1.807) is 30.1 Å². The predicted octanol–water partition coefficient (Wildman–Crippen LogP) is 4.32. The number of benzene rings is 2. The van der Waals surface area contributed by atoms with Gasteiger partial charge in [0.25, 0.3) is 0 Å². The molecule has 3 aromatic rings. The van der Waals surface area contributed by atoms with E-state index < -0.39 is 6.61 Å². The molecular formula is C21H20F2N2O4. The molecule has 8 heteroatoms. The van der Waals surface area contributed by atoms with Crippen molar-refractivity contribution in [2.45, 2.75) is 19.1 Å². The molecule has 2 heterocycles. The topological polar surface area (TPSA) is 54.7 Å². The van der Waals surface area contributed by atoms with E-state index in [1.807, 2.05) is 24.3 Å². The highest BCUT2D eigenvalue weighted by Crippen LogP contribution is 2.34. The summed E-state index contributed by atoms with van der Waals surface area (Å²) in [6.07, 6.45) is 2.50. The van der Waals surface area contributed by atoms with Gasteiger partial charge in [0.15, 0.2) is 11.5 Å². The lowest BCUT2D eigenvalue weighted by Gasteiger charge is -2.16. The first-order valence-corrected chi connectivity index (χ1v) is 9.16. The Morgan fingerprint density at radius 2 is 1.93 bits per heavy atom. The summed E-state index contributed by atoms with van der Waals surface area (Å²) in [5.41, 5.74) is 2.42. The van der Waals surface area contributed by atoms with Crippen molar-refractivity contribution in [3.63, 3.8) is 0 Å². The van der Waals surface area contributed by atoms with Crippen LogP contribution in [-0.2, 0) is 4.74 Å². The maximum Gasteiger partial charge on any atom is 0.387 e. The zero-order valence-corrected chi connectivity index (χ0v) is 15.8. The molecule has 0 spiro atoms. The van der Waals surface area contributed by atoms with Crippen LogP contribution >= 0.6 is 0 Å². The third-order valence-electron chi connectivity index (χ3n) is 4.59. The van der Waals surface area contributed by atoms with Crippen molar-refractivity contribution >= 4 is 0 Å². The molecule has 1 saturated heterocycles. The standard InChI is InChI=1S/C21H20F2N2O4/c1-26-19-7-2-14(12-20(19)28-17-9-11-27-13-17)18-8-10-24-25(18)15-3-5-16(6-4-15)29-21(22)23/h2-8,10,12,17,21H,9,11,13H2,1H3. The second kappa shape index (κ2) is 8.48. The number of hydrogen-bond acceptors (Lipinski definition) is 5. The van der Waals surface area contributed by atoms with Crippen LogP contribution < -0.4 is 14.2 Å². The van der Waals surface area contributed by atoms with Crippen molar-refractivity contribution in [2.24, 2.45) is 0 Å². The van der Waals surface area contributed by atoms with Crippen LogP contribution in [0.1, 0.15) is 6.42 Å². The van der Waals surface area contributed by atoms with Crippen molar-refractivity contribution in [2.75, 3.05) is 20.3 Å². The minimum absolute atomic E-state index is 0.00793. The molecule has 0 saturated carbocycles. The molecule has 0 N–H and O–H groups in total. The summed E-state index contributed by atoms with van der Waals surface area (Å²) in [6.45, 7) is -1.62. The van der Waals surface area contributed by atoms with Crippen LogP contribution in [0.2, 0.25) is 0 Å². The van der Waals surface area contributed by atoms with Crippen LogP contribution in [0.15, 0.2) is 54.7 Å². The molecule has 6 nitrogen and oxygen atoms in total. The second-order valence-electron chi connectivity index (χ2n) is 6.47. The zero-order chi connectivity index (χ0) is 20.2. The van der Waals surface area contributed by atoms with Crippen molar-refractivity contribution in [3.8, 4) is 34.2 Å². The van der Waals surface area contributed by atoms with Gasteiger partial charge in [0.2, 0.25) is 0 Å². The van der Waals surface area contributed by atoms with Crippen LogP contribution in [0.4, 0.5) is 8.78 Å². The first-order chi connectivity index (χ1) is 14.1. The predicted molar refractivity (Wildman–Crippen MR) is 102 cm³/mol. The molecule has 0 amide bonds. The van der Waals surface area contributed by atoms with Crippen molar-refractivity contribution in [1.29, 1.82) is 0 Å². The van der Waals surface area contributed by atoms with Crippen LogP contribution in [0, 0.1) is 0 Å². The lowest BCUT2D eigenvalue weighted by molar-refractivity contribution is -0.0498. The second-order valence-corrected chi connectivity index (χ2v) is 6.47. The molecule has 1 atom stereocenters. The first kappa shape index (κ1) is 19.2. The van der Waals surface area contributed by atoms with Gasteiger partial charge < -0.3 is 18.9 Å². The van der Waals surface area contributed by atoms with Gasteiger partial charge in [-0.2, -0.15) is 13.9 Å². The van der Waals surface area contributed by atoms with Gasteiger partial charge in [0.1, 0.15) is 11.9 Å². The molecule has 152 valence electrons. The highest BCUT2D eigenvalue weighted by Gasteiger charge is 2.20. The first-order valence-electron chi connectivity index (χ1n) is 9.16. The number of rotatable bonds is 7. The number of alkyl halides is 2. The van der Waals surface area contributed by atoms with Gasteiger partial charge in [0, 0.05) is 12.0 Å². The smallest absolute Gasteiger partial charge is 0.387 e. The zero-order valence-electron chi connectivity index (χ0n) is 15.8. The molecule has 1 unspecified atom stereocenters. The Morgan fingerprint density at radius 1 is 1.10 bits per heavy atom. The molecule has 1 aliphatic rings. The van der Waals surface area contributed by atoms with Gasteiger partial charge in [-0.25, -0.2) is 4.68 Å². The van der Waals surface area contributed by atoms with E-state index >= 15 is 0 Å². The largest absolute Gasteiger partial charge is 0.493 e. The molecule has 29 heavy (non-hydrogen) atoms. The Balaban J connectivity index is 1.63. The summed E-state index contributed by atoms with van der Waals surface area (Å²) in [4.78, 5) is 0. The monoisotopic (exact) mass is 402 g/mol. The molecular weight excluding hydrogens is 382 g/mol. The number of aromatic nitrogens is 2. The van der Waals surface area contributed by atoms with Gasteiger partial charge in [-0.05, 0) is 48.5 Å². The quantitative estimate of drug-likeness (QED) is 0.589. The molecule has 0 aliphatic carbocycles. The van der Waals surface area contributed by atoms with Gasteiger partial charge >= 0.3 is 6.61 Å². The number of halogens is 2. The van der Waals surface area contributed by atoms with E-state index in [2.05, 4.69) is 9.84 Å². The third-order valence-corrected chi connectivity index (χ3v) is 4.59. The fourth-order valence-electron chi connectivity index (χ4n) is 3.21. The lowest BCUT2D eigenvalue weighted by atomic mass is 10.1. The Morgan fingerprint density at radius 3 is 2.62 bits per heavy atom. The molecule has 0 bridgehead atoms. The molecule has 4 rings (SSSR count). The van der Waals surface area contributed by atoms with E-state index in [1.165, 1.54) is 12.1 Å². The SMILES string of the molecule is COc1ccc(-c2ccnn2-c2ccc(OC(F)F)cc2)cc1OC1CCOC1. The Kier molecular flexibility index (Phi) is 5.62. The normalized spacial score (nSPS) is 16.2. The molecule has 1 aliphatic heterocycles. The van der Waals surface area contributed by atoms with Crippen LogP contribution in [0.3, 0.4) is 0 Å². The maximum absolute atomic E-state index is 12.4. The minimum Gasteiger partial charge on any atom is -0.493 e. The third kappa shape index (κ3) is 4.32. The van der Waals surface area contributed by atoms with Gasteiger partial charge in [-0.1, -0.05) is 0 Å². The van der Waals surface area contributed by atoms with E-state index in [9.17, 15) is 8.78 Å². The van der Waals surface area contributed by atoms with Crippen molar-refractivity contribution in [1.82, 2.24) is 9.78 Å². The van der Waals surface area contributed by atoms with Gasteiger partial charge in [-0.15, -0.1) is 0 Å². The summed E-state index contributed by atoms with van der Waals surface area (Å²) in [6, 6.07) is 13.8. The van der Waals surface area contributed by atoms with E-state index in [4.69, 9.17) is 14.2 Å². The minimum atomic E-state index is -2.86. The maximum atomic E-state index is 12.4. The molecule has 2 aromatic carbocycles. The fraction of sp³-hybridized carbons (Fsp3) is 0.286. The highest BCUT2D eigenvalue weighted by molar-refractivity contribution is 5.66. The van der Waals surface area contributed by atoms with Gasteiger partial charge in [-0.3, -0.25) is 0 Å². The average Bonchev–Trinajstić information content (AvgIpc) is 3.40. The van der Waals surface area contributed by atoms with E-state index in [0.29, 0.717) is 30.4 Å². The van der Waals surface area contributed by atoms with E-state index in [-0.39, 0.29) is 11.9 Å². The summed E-state index contributed by atoms with van der Waals surface area (Å²) >= 11 is 0. The number of methoxy groups -OCH3 is 1. The summed E-state index contributed by atoms with van der Waals surface area (Å²) in [7, 11) is 1.60. The summed E-state index contributed by atoms with van der Waals surface area (Å²) in [5, 5.41) is 4.36. The summed E-state index contributed by atoms with van der Waals surface area (Å²) in [5.74, 6) is 1.37. The Labute approximate surface area is 166 Å². The van der Waals surface area contributed by atoms with Crippen molar-refractivity contribution in [3.05, 3.63) is 54.7 Å². The number of ether oxygens (including phenoxy) is 4. The van der Waals surface area contributed by atoms with Crippen molar-refractivity contribution < 1.29 is 27.7 Å². The lowest BCUT2D eigenvalue weighted by Crippen LogP contribution is -2.16. The van der Waals surface area contributed by atoms with E-state index in [0.717, 1.165) is 17.7 Å². The summed E-state index contributed by atoms with van der Waals surface area (Å²) < 4.78 is 47.7. The van der Waals surface area contributed by atoms with Gasteiger partial charge in [0.05, 0.1) is 37.9 Å². The van der Waals surface area contributed by atoms with Crippen LogP contribution in [-0.4, -0.2) is 42.8 Å². The van der Waals surface area contributed by atoms with Crippen LogP contribution in [0.25, 0.3) is 16.9 Å². The molecule has 1 aromatic heterocycles. The fourth-order valence-corrected chi connectivity index (χ4v) is 3.21. The Hall–Kier alpha value is -3.13. The highest BCUT2D eigenvalue weighted by atomic mass is 19.3.